The summed E-state index contributed by atoms with van der Waals surface area (Å²) in [5.74, 6) is 0.280. The Hall–Kier alpha value is -2.47. The molecule has 0 aliphatic carbocycles. The number of hydrogen-bond acceptors (Lipinski definition) is 6. The van der Waals surface area contributed by atoms with Gasteiger partial charge in [0.2, 0.25) is 0 Å². The minimum absolute atomic E-state index is 0.150. The van der Waals surface area contributed by atoms with E-state index in [0.717, 1.165) is 63.7 Å². The highest BCUT2D eigenvalue weighted by Gasteiger charge is 2.12. The van der Waals surface area contributed by atoms with Crippen LogP contribution in [-0.4, -0.2) is 42.1 Å². The first-order chi connectivity index (χ1) is 19.8. The molecule has 234 valence electrons. The van der Waals surface area contributed by atoms with Crippen molar-refractivity contribution in [1.82, 2.24) is 0 Å². The lowest BCUT2D eigenvalue weighted by Gasteiger charge is -2.12. The van der Waals surface area contributed by atoms with Crippen molar-refractivity contribution in [3.8, 4) is 0 Å². The van der Waals surface area contributed by atoms with Crippen molar-refractivity contribution in [3.05, 3.63) is 48.6 Å². The van der Waals surface area contributed by atoms with Crippen LogP contribution in [0.15, 0.2) is 48.6 Å². The molecule has 0 heterocycles. The standard InChI is InChI=1S/C35H58O6/c1-4-5-19-25-32(36)26-21-16-11-9-7-6-8-10-12-17-22-27-34(38)40-29-33(37)30-41-35(39)28-23-18-14-13-15-20-24-31(2)3/h6-7,10-12,16,21,26,31,33,37H,4-5,8-9,13-15,17-20,22-25,27-30H2,1-3H3/b7-6-,12-10-,16-11-,26-21+/t33-/m1/s1. The average Bonchev–Trinajstić information content (AvgIpc) is 2.94. The molecule has 0 saturated carbocycles. The van der Waals surface area contributed by atoms with E-state index in [1.54, 1.807) is 6.08 Å². The summed E-state index contributed by atoms with van der Waals surface area (Å²) >= 11 is 0. The van der Waals surface area contributed by atoms with Gasteiger partial charge >= 0.3 is 11.9 Å². The van der Waals surface area contributed by atoms with Gasteiger partial charge in [-0.25, -0.2) is 0 Å². The molecule has 0 aromatic rings. The average molecular weight is 575 g/mol. The number of esters is 2. The van der Waals surface area contributed by atoms with E-state index in [4.69, 9.17) is 9.47 Å². The molecule has 0 spiro atoms. The van der Waals surface area contributed by atoms with Crippen LogP contribution in [-0.2, 0) is 23.9 Å². The summed E-state index contributed by atoms with van der Waals surface area (Å²) in [6, 6.07) is 0. The molecule has 0 aromatic carbocycles. The third-order valence-corrected chi connectivity index (χ3v) is 6.47. The van der Waals surface area contributed by atoms with Gasteiger partial charge in [-0.05, 0) is 50.5 Å². The molecule has 1 atom stereocenters. The molecular formula is C35H58O6. The third kappa shape index (κ3) is 30.3. The number of aliphatic hydroxyl groups is 1. The fraction of sp³-hybridized carbons (Fsp3) is 0.686. The molecule has 6 nitrogen and oxygen atoms in total. The van der Waals surface area contributed by atoms with Crippen molar-refractivity contribution < 1.29 is 29.0 Å². The van der Waals surface area contributed by atoms with E-state index < -0.39 is 6.10 Å². The molecule has 0 amide bonds. The van der Waals surface area contributed by atoms with Gasteiger partial charge in [-0.3, -0.25) is 14.4 Å². The van der Waals surface area contributed by atoms with Crippen LogP contribution in [0.25, 0.3) is 0 Å². The molecule has 0 bridgehead atoms. The van der Waals surface area contributed by atoms with Gasteiger partial charge in [0, 0.05) is 19.3 Å². The molecule has 0 rings (SSSR count). The smallest absolute Gasteiger partial charge is 0.305 e. The second kappa shape index (κ2) is 29.0. The molecule has 0 unspecified atom stereocenters. The lowest BCUT2D eigenvalue weighted by Crippen LogP contribution is -2.25. The third-order valence-electron chi connectivity index (χ3n) is 6.47. The van der Waals surface area contributed by atoms with Gasteiger partial charge in [0.1, 0.15) is 19.3 Å². The molecule has 41 heavy (non-hydrogen) atoms. The summed E-state index contributed by atoms with van der Waals surface area (Å²) in [7, 11) is 0. The lowest BCUT2D eigenvalue weighted by atomic mass is 10.0. The van der Waals surface area contributed by atoms with Gasteiger partial charge < -0.3 is 14.6 Å². The highest BCUT2D eigenvalue weighted by molar-refractivity contribution is 5.89. The van der Waals surface area contributed by atoms with Crippen LogP contribution in [0.1, 0.15) is 130 Å². The van der Waals surface area contributed by atoms with E-state index in [0.29, 0.717) is 19.3 Å². The highest BCUT2D eigenvalue weighted by atomic mass is 16.6. The Bertz CT molecular complexity index is 778. The minimum Gasteiger partial charge on any atom is -0.463 e. The van der Waals surface area contributed by atoms with Crippen molar-refractivity contribution in [2.45, 2.75) is 136 Å². The molecule has 6 heteroatoms. The maximum Gasteiger partial charge on any atom is 0.305 e. The quantitative estimate of drug-likeness (QED) is 0.0348. The molecular weight excluding hydrogens is 516 g/mol. The molecule has 1 N–H and O–H groups in total. The Balaban J connectivity index is 3.67. The second-order valence-corrected chi connectivity index (χ2v) is 11.1. The topological polar surface area (TPSA) is 89.9 Å². The largest absolute Gasteiger partial charge is 0.463 e. The fourth-order valence-electron chi connectivity index (χ4n) is 3.98. The van der Waals surface area contributed by atoms with Crippen LogP contribution in [0.2, 0.25) is 0 Å². The zero-order chi connectivity index (χ0) is 30.4. The van der Waals surface area contributed by atoms with Crippen LogP contribution in [0, 0.1) is 5.92 Å². The van der Waals surface area contributed by atoms with Crippen molar-refractivity contribution in [2.75, 3.05) is 13.2 Å². The Labute approximate surface area is 250 Å². The first-order valence-electron chi connectivity index (χ1n) is 16.0. The molecule has 0 saturated heterocycles. The number of unbranched alkanes of at least 4 members (excludes halogenated alkanes) is 8. The summed E-state index contributed by atoms with van der Waals surface area (Å²) in [5.41, 5.74) is 0. The number of allylic oxidation sites excluding steroid dienone is 8. The number of ketones is 1. The lowest BCUT2D eigenvalue weighted by molar-refractivity contribution is -0.152. The predicted molar refractivity (Wildman–Crippen MR) is 168 cm³/mol. The molecule has 0 radical (unpaired) electrons. The Morgan fingerprint density at radius 3 is 1.88 bits per heavy atom. The summed E-state index contributed by atoms with van der Waals surface area (Å²) in [5, 5.41) is 9.92. The second-order valence-electron chi connectivity index (χ2n) is 11.1. The van der Waals surface area contributed by atoms with Gasteiger partial charge in [0.05, 0.1) is 0 Å². The minimum atomic E-state index is -1.00. The van der Waals surface area contributed by atoms with Crippen molar-refractivity contribution in [1.29, 1.82) is 0 Å². The van der Waals surface area contributed by atoms with Crippen molar-refractivity contribution in [3.63, 3.8) is 0 Å². The van der Waals surface area contributed by atoms with Crippen LogP contribution < -0.4 is 0 Å². The normalized spacial score (nSPS) is 12.8. The van der Waals surface area contributed by atoms with Gasteiger partial charge in [-0.15, -0.1) is 0 Å². The van der Waals surface area contributed by atoms with E-state index in [2.05, 4.69) is 39.0 Å². The van der Waals surface area contributed by atoms with Crippen LogP contribution in [0.4, 0.5) is 0 Å². The monoisotopic (exact) mass is 574 g/mol. The van der Waals surface area contributed by atoms with Gasteiger partial charge in [0.25, 0.3) is 0 Å². The summed E-state index contributed by atoms with van der Waals surface area (Å²) < 4.78 is 10.2. The van der Waals surface area contributed by atoms with Crippen LogP contribution in [0.5, 0.6) is 0 Å². The number of hydrogen-bond donors (Lipinski definition) is 1. The van der Waals surface area contributed by atoms with Crippen LogP contribution in [0.3, 0.4) is 0 Å². The Morgan fingerprint density at radius 1 is 0.659 bits per heavy atom. The summed E-state index contributed by atoms with van der Waals surface area (Å²) in [6.45, 7) is 6.31. The van der Waals surface area contributed by atoms with E-state index in [1.165, 1.54) is 25.7 Å². The van der Waals surface area contributed by atoms with E-state index in [1.807, 2.05) is 24.3 Å². The molecule has 0 fully saturated rings. The zero-order valence-electron chi connectivity index (χ0n) is 26.2. The maximum absolute atomic E-state index is 11.9. The zero-order valence-corrected chi connectivity index (χ0v) is 26.2. The highest BCUT2D eigenvalue weighted by Crippen LogP contribution is 2.12. The predicted octanol–water partition coefficient (Wildman–Crippen LogP) is 8.54. The summed E-state index contributed by atoms with van der Waals surface area (Å²) in [6.07, 6.45) is 30.2. The van der Waals surface area contributed by atoms with Gasteiger partial charge in [0.15, 0.2) is 5.78 Å². The van der Waals surface area contributed by atoms with E-state index in [9.17, 15) is 19.5 Å². The number of rotatable bonds is 27. The van der Waals surface area contributed by atoms with E-state index >= 15 is 0 Å². The van der Waals surface area contributed by atoms with Crippen molar-refractivity contribution in [2.24, 2.45) is 5.92 Å². The Kier molecular flexibility index (Phi) is 27.3. The molecule has 0 aromatic heterocycles. The number of aliphatic hydroxyl groups excluding tert-OH is 1. The Morgan fingerprint density at radius 2 is 1.22 bits per heavy atom. The van der Waals surface area contributed by atoms with Crippen molar-refractivity contribution >= 4 is 17.7 Å². The number of carbonyl (C=O) groups excluding carboxylic acids is 3. The molecule has 0 aliphatic rings. The van der Waals surface area contributed by atoms with Crippen LogP contribution >= 0.6 is 0 Å². The van der Waals surface area contributed by atoms with Gasteiger partial charge in [-0.2, -0.15) is 0 Å². The van der Waals surface area contributed by atoms with Gasteiger partial charge in [-0.1, -0.05) is 115 Å². The first-order valence-corrected chi connectivity index (χ1v) is 16.0. The number of ether oxygens (including phenoxy) is 2. The maximum atomic E-state index is 11.9. The molecule has 0 aliphatic heterocycles. The fourth-order valence-corrected chi connectivity index (χ4v) is 3.98. The SMILES string of the molecule is CCCCCC(=O)/C=C/C=C\C/C=C\C/C=C\CCCC(=O)OC[C@@H](O)COC(=O)CCCCCCCCC(C)C. The first kappa shape index (κ1) is 38.5. The number of carbonyl (C=O) groups is 3. The summed E-state index contributed by atoms with van der Waals surface area (Å²) in [4.78, 5) is 35.3. The van der Waals surface area contributed by atoms with E-state index in [-0.39, 0.29) is 37.4 Å².